The van der Waals surface area contributed by atoms with Gasteiger partial charge in [-0.25, -0.2) is 4.98 Å². The first-order valence-electron chi connectivity index (χ1n) is 11.4. The monoisotopic (exact) mass is 438 g/mol. The maximum atomic E-state index is 13.1. The minimum Gasteiger partial charge on any atom is -0.508 e. The van der Waals surface area contributed by atoms with E-state index in [4.69, 9.17) is 0 Å². The van der Waals surface area contributed by atoms with Crippen LogP contribution in [0.3, 0.4) is 0 Å². The maximum absolute atomic E-state index is 13.1. The van der Waals surface area contributed by atoms with Crippen molar-refractivity contribution in [3.05, 3.63) is 40.4 Å². The van der Waals surface area contributed by atoms with E-state index in [9.17, 15) is 14.7 Å². The average Bonchev–Trinajstić information content (AvgIpc) is 3.25. The van der Waals surface area contributed by atoms with E-state index in [0.717, 1.165) is 37.0 Å². The van der Waals surface area contributed by atoms with E-state index >= 15 is 0 Å². The molecule has 3 aliphatic rings. The number of aromatic nitrogens is 1. The number of aromatic hydroxyl groups is 1. The van der Waals surface area contributed by atoms with Gasteiger partial charge in [0.05, 0.1) is 0 Å². The number of phenols is 1. The molecule has 0 spiro atoms. The summed E-state index contributed by atoms with van der Waals surface area (Å²) in [7, 11) is 0. The number of aryl methyl sites for hydroxylation is 2. The smallest absolute Gasteiger partial charge is 0.226 e. The Morgan fingerprint density at radius 2 is 2.19 bits per heavy atom. The van der Waals surface area contributed by atoms with Crippen molar-refractivity contribution in [3.8, 4) is 5.75 Å². The highest BCUT2D eigenvalue weighted by Gasteiger charge is 2.58. The fraction of sp³-hybridized carbons (Fsp3) is 0.560. The Balaban J connectivity index is 1.33. The number of fused-ring (bicyclic) bond motifs is 5. The Bertz CT molecular complexity index is 1030. The molecule has 2 saturated carbocycles. The molecule has 6 heteroatoms. The van der Waals surface area contributed by atoms with Gasteiger partial charge in [0.1, 0.15) is 11.5 Å². The Morgan fingerprint density at radius 3 is 2.97 bits per heavy atom. The molecule has 5 nitrogen and oxygen atoms in total. The highest BCUT2D eigenvalue weighted by atomic mass is 32.1. The number of nitrogens with zero attached hydrogens (tertiary/aromatic N) is 1. The van der Waals surface area contributed by atoms with Crippen LogP contribution in [0.5, 0.6) is 5.75 Å². The van der Waals surface area contributed by atoms with Gasteiger partial charge in [-0.2, -0.15) is 0 Å². The fourth-order valence-electron chi connectivity index (χ4n) is 6.80. The van der Waals surface area contributed by atoms with Crippen LogP contribution in [0, 0.1) is 30.1 Å². The first-order chi connectivity index (χ1) is 14.8. The lowest BCUT2D eigenvalue weighted by Crippen LogP contribution is -2.44. The molecule has 31 heavy (non-hydrogen) atoms. The SMILES string of the molecule is Cc1cnc(NC(=O)CCC2CC(=O)C3(C)CCC4c5ccc(O)cc5CCC4C23)s1. The summed E-state index contributed by atoms with van der Waals surface area (Å²) in [5, 5.41) is 13.5. The zero-order valence-electron chi connectivity index (χ0n) is 18.2. The standard InChI is InChI=1S/C25H30N2O3S/c1-14-13-26-24(31-14)27-22(30)8-4-16-12-21(29)25(2)10-9-19-18-7-5-17(28)11-15(18)3-6-20(19)23(16)25/h5,7,11,13,16,19-20,23,28H,3-4,6,8-10,12H2,1-2H3,(H,26,27,30). The van der Waals surface area contributed by atoms with Crippen LogP contribution >= 0.6 is 11.3 Å². The number of ketones is 1. The molecule has 0 saturated heterocycles. The third-order valence-electron chi connectivity index (χ3n) is 8.16. The number of rotatable bonds is 4. The Labute approximate surface area is 187 Å². The molecule has 2 aromatic rings. The second-order valence-corrected chi connectivity index (χ2v) is 11.2. The van der Waals surface area contributed by atoms with Crippen molar-refractivity contribution in [1.29, 1.82) is 0 Å². The van der Waals surface area contributed by atoms with Gasteiger partial charge < -0.3 is 10.4 Å². The van der Waals surface area contributed by atoms with Crippen LogP contribution in [0.25, 0.3) is 0 Å². The Hall–Kier alpha value is -2.21. The van der Waals surface area contributed by atoms with Gasteiger partial charge in [-0.3, -0.25) is 9.59 Å². The number of hydrogen-bond acceptors (Lipinski definition) is 5. The summed E-state index contributed by atoms with van der Waals surface area (Å²) in [6, 6.07) is 5.82. The fourth-order valence-corrected chi connectivity index (χ4v) is 7.48. The van der Waals surface area contributed by atoms with E-state index < -0.39 is 0 Å². The molecule has 1 heterocycles. The second kappa shape index (κ2) is 7.73. The molecule has 0 bridgehead atoms. The van der Waals surface area contributed by atoms with E-state index in [1.54, 1.807) is 12.3 Å². The van der Waals surface area contributed by atoms with Crippen LogP contribution in [-0.2, 0) is 16.0 Å². The molecule has 1 aromatic heterocycles. The molecule has 5 unspecified atom stereocenters. The number of thiazole rings is 1. The van der Waals surface area contributed by atoms with Crippen molar-refractivity contribution in [1.82, 2.24) is 4.98 Å². The predicted molar refractivity (Wildman–Crippen MR) is 121 cm³/mol. The lowest BCUT2D eigenvalue weighted by atomic mass is 9.54. The van der Waals surface area contributed by atoms with Crippen molar-refractivity contribution in [2.45, 2.75) is 64.7 Å². The summed E-state index contributed by atoms with van der Waals surface area (Å²) in [6.45, 7) is 4.16. The third kappa shape index (κ3) is 3.59. The normalized spacial score (nSPS) is 31.6. The summed E-state index contributed by atoms with van der Waals surface area (Å²) in [5.41, 5.74) is 2.39. The van der Waals surface area contributed by atoms with Crippen LogP contribution in [-0.4, -0.2) is 21.8 Å². The van der Waals surface area contributed by atoms with Gasteiger partial charge in [-0.05, 0) is 86.0 Å². The van der Waals surface area contributed by atoms with E-state index in [0.29, 0.717) is 47.3 Å². The van der Waals surface area contributed by atoms with Crippen LogP contribution in [0.2, 0.25) is 0 Å². The minimum atomic E-state index is -0.247. The number of amides is 1. The maximum Gasteiger partial charge on any atom is 0.226 e. The van der Waals surface area contributed by atoms with Gasteiger partial charge in [-0.1, -0.05) is 13.0 Å². The first kappa shape index (κ1) is 20.7. The number of phenolic OH excluding ortho intramolecular Hbond substituents is 1. The summed E-state index contributed by atoms with van der Waals surface area (Å²) in [4.78, 5) is 30.9. The van der Waals surface area contributed by atoms with Gasteiger partial charge in [0.15, 0.2) is 5.13 Å². The molecule has 5 atom stereocenters. The van der Waals surface area contributed by atoms with Gasteiger partial charge in [-0.15, -0.1) is 11.3 Å². The summed E-state index contributed by atoms with van der Waals surface area (Å²) >= 11 is 1.49. The molecular weight excluding hydrogens is 408 g/mol. The van der Waals surface area contributed by atoms with Gasteiger partial charge in [0, 0.05) is 29.3 Å². The lowest BCUT2D eigenvalue weighted by Gasteiger charge is -2.50. The topological polar surface area (TPSA) is 79.3 Å². The number of Topliss-reactive ketones (excluding diaryl/α,β-unsaturated/α-hetero) is 1. The Kier molecular flexibility index (Phi) is 5.16. The molecular formula is C25H30N2O3S. The van der Waals surface area contributed by atoms with Crippen molar-refractivity contribution in [3.63, 3.8) is 0 Å². The van der Waals surface area contributed by atoms with Crippen molar-refractivity contribution < 1.29 is 14.7 Å². The van der Waals surface area contributed by atoms with E-state index in [2.05, 4.69) is 23.3 Å². The molecule has 0 aliphatic heterocycles. The van der Waals surface area contributed by atoms with Crippen molar-refractivity contribution in [2.75, 3.05) is 5.32 Å². The average molecular weight is 439 g/mol. The highest BCUT2D eigenvalue weighted by molar-refractivity contribution is 7.15. The number of carbonyl (C=O) groups is 2. The van der Waals surface area contributed by atoms with Crippen LogP contribution in [0.1, 0.15) is 67.4 Å². The van der Waals surface area contributed by atoms with Crippen LogP contribution in [0.4, 0.5) is 5.13 Å². The number of nitrogens with one attached hydrogen (secondary N) is 1. The van der Waals surface area contributed by atoms with E-state index in [-0.39, 0.29) is 17.2 Å². The number of anilines is 1. The molecule has 0 radical (unpaired) electrons. The van der Waals surface area contributed by atoms with Gasteiger partial charge >= 0.3 is 0 Å². The van der Waals surface area contributed by atoms with E-state index in [1.165, 1.54) is 22.5 Å². The zero-order valence-corrected chi connectivity index (χ0v) is 19.0. The zero-order chi connectivity index (χ0) is 21.8. The predicted octanol–water partition coefficient (Wildman–Crippen LogP) is 5.23. The molecule has 5 rings (SSSR count). The summed E-state index contributed by atoms with van der Waals surface area (Å²) in [5.74, 6) is 2.29. The summed E-state index contributed by atoms with van der Waals surface area (Å²) < 4.78 is 0. The molecule has 3 aliphatic carbocycles. The Morgan fingerprint density at radius 1 is 1.35 bits per heavy atom. The number of carbonyl (C=O) groups excluding carboxylic acids is 2. The quantitative estimate of drug-likeness (QED) is 0.685. The van der Waals surface area contributed by atoms with Crippen molar-refractivity contribution in [2.24, 2.45) is 23.2 Å². The molecule has 1 aromatic carbocycles. The lowest BCUT2D eigenvalue weighted by molar-refractivity contribution is -0.129. The number of benzene rings is 1. The largest absolute Gasteiger partial charge is 0.508 e. The minimum absolute atomic E-state index is 0.00720. The molecule has 2 fully saturated rings. The van der Waals surface area contributed by atoms with E-state index in [1.807, 2.05) is 13.0 Å². The molecule has 164 valence electrons. The molecule has 2 N–H and O–H groups in total. The molecule has 1 amide bonds. The number of hydrogen-bond donors (Lipinski definition) is 2. The van der Waals surface area contributed by atoms with Gasteiger partial charge in [0.2, 0.25) is 5.91 Å². The third-order valence-corrected chi connectivity index (χ3v) is 8.99. The van der Waals surface area contributed by atoms with Crippen LogP contribution < -0.4 is 5.32 Å². The van der Waals surface area contributed by atoms with Crippen LogP contribution in [0.15, 0.2) is 24.4 Å². The first-order valence-corrected chi connectivity index (χ1v) is 12.2. The summed E-state index contributed by atoms with van der Waals surface area (Å²) in [6.07, 6.45) is 7.56. The highest BCUT2D eigenvalue weighted by Crippen LogP contribution is 2.62. The van der Waals surface area contributed by atoms with Crippen molar-refractivity contribution >= 4 is 28.2 Å². The van der Waals surface area contributed by atoms with Gasteiger partial charge in [0.25, 0.3) is 0 Å². The second-order valence-electron chi connectivity index (χ2n) is 9.92.